The van der Waals surface area contributed by atoms with Crippen molar-refractivity contribution in [3.8, 4) is 0 Å². The number of nitrogens with one attached hydrogen (secondary N) is 1. The van der Waals surface area contributed by atoms with Crippen molar-refractivity contribution in [3.63, 3.8) is 0 Å². The van der Waals surface area contributed by atoms with E-state index in [9.17, 15) is 4.79 Å². The Hall–Kier alpha value is -1.62. The molecule has 1 heterocycles. The summed E-state index contributed by atoms with van der Waals surface area (Å²) in [6.45, 7) is 8.88. The Kier molecular flexibility index (Phi) is 6.62. The Balaban J connectivity index is 2.74. The molecule has 1 atom stereocenters. The number of pyridine rings is 1. The Morgan fingerprint density at radius 3 is 2.62 bits per heavy atom. The molecule has 3 N–H and O–H groups in total. The van der Waals surface area contributed by atoms with Crippen LogP contribution in [0.5, 0.6) is 0 Å². The van der Waals surface area contributed by atoms with E-state index in [0.29, 0.717) is 23.8 Å². The van der Waals surface area contributed by atoms with Crippen molar-refractivity contribution in [2.45, 2.75) is 46.2 Å². The lowest BCUT2D eigenvalue weighted by Crippen LogP contribution is -2.35. The molecular formula is C16H28N4O. The van der Waals surface area contributed by atoms with E-state index in [1.807, 2.05) is 20.9 Å². The summed E-state index contributed by atoms with van der Waals surface area (Å²) in [4.78, 5) is 18.5. The molecule has 0 fully saturated rings. The first kappa shape index (κ1) is 17.4. The molecule has 5 heteroatoms. The van der Waals surface area contributed by atoms with Crippen molar-refractivity contribution >= 4 is 11.7 Å². The molecule has 0 spiro atoms. The molecule has 0 radical (unpaired) electrons. The van der Waals surface area contributed by atoms with E-state index in [1.165, 1.54) is 0 Å². The van der Waals surface area contributed by atoms with E-state index in [4.69, 9.17) is 5.73 Å². The summed E-state index contributed by atoms with van der Waals surface area (Å²) in [5.41, 5.74) is 6.64. The highest BCUT2D eigenvalue weighted by atomic mass is 16.2. The van der Waals surface area contributed by atoms with E-state index >= 15 is 0 Å². The second-order valence-corrected chi connectivity index (χ2v) is 6.12. The third-order valence-corrected chi connectivity index (χ3v) is 3.46. The van der Waals surface area contributed by atoms with Crippen LogP contribution in [0.4, 0.5) is 5.82 Å². The van der Waals surface area contributed by atoms with Crippen LogP contribution in [0.25, 0.3) is 0 Å². The fourth-order valence-electron chi connectivity index (χ4n) is 1.95. The summed E-state index contributed by atoms with van der Waals surface area (Å²) in [6.07, 6.45) is 2.49. The van der Waals surface area contributed by atoms with Gasteiger partial charge in [-0.15, -0.1) is 0 Å². The number of aromatic nitrogens is 1. The number of hydrogen-bond donors (Lipinski definition) is 2. The molecule has 21 heavy (non-hydrogen) atoms. The normalized spacial score (nSPS) is 12.6. The smallest absolute Gasteiger partial charge is 0.257 e. The number of amides is 1. The average Bonchev–Trinajstić information content (AvgIpc) is 2.43. The van der Waals surface area contributed by atoms with Crippen molar-refractivity contribution < 1.29 is 4.79 Å². The first-order valence-corrected chi connectivity index (χ1v) is 7.55. The number of rotatable bonds is 7. The fourth-order valence-corrected chi connectivity index (χ4v) is 1.95. The molecular weight excluding hydrogens is 264 g/mol. The second-order valence-electron chi connectivity index (χ2n) is 6.12. The molecule has 1 aromatic heterocycles. The van der Waals surface area contributed by atoms with Gasteiger partial charge >= 0.3 is 0 Å². The predicted molar refractivity (Wildman–Crippen MR) is 87.4 cm³/mol. The maximum Gasteiger partial charge on any atom is 0.257 e. The molecule has 1 rings (SSSR count). The van der Waals surface area contributed by atoms with Gasteiger partial charge < -0.3 is 16.0 Å². The van der Waals surface area contributed by atoms with Crippen molar-refractivity contribution in [2.75, 3.05) is 18.9 Å². The maximum atomic E-state index is 12.5. The minimum absolute atomic E-state index is 0.0257. The van der Waals surface area contributed by atoms with Crippen LogP contribution >= 0.6 is 0 Å². The lowest BCUT2D eigenvalue weighted by Gasteiger charge is -2.22. The van der Waals surface area contributed by atoms with Gasteiger partial charge in [-0.1, -0.05) is 13.8 Å². The number of carbonyl (C=O) groups is 1. The Labute approximate surface area is 127 Å². The van der Waals surface area contributed by atoms with Crippen LogP contribution in [0.3, 0.4) is 0 Å². The number of nitrogens with zero attached hydrogens (tertiary/aromatic N) is 2. The Morgan fingerprint density at radius 1 is 1.38 bits per heavy atom. The van der Waals surface area contributed by atoms with Crippen LogP contribution in [0.2, 0.25) is 0 Å². The van der Waals surface area contributed by atoms with Crippen LogP contribution in [-0.2, 0) is 0 Å². The summed E-state index contributed by atoms with van der Waals surface area (Å²) in [7, 11) is 1.81. The molecule has 1 aromatic rings. The van der Waals surface area contributed by atoms with Crippen molar-refractivity contribution in [1.29, 1.82) is 0 Å². The Morgan fingerprint density at radius 2 is 2.05 bits per heavy atom. The molecule has 118 valence electrons. The number of anilines is 1. The molecule has 1 unspecified atom stereocenters. The summed E-state index contributed by atoms with van der Waals surface area (Å²) >= 11 is 0. The number of nitrogens with two attached hydrogens (primary N) is 1. The average molecular weight is 292 g/mol. The van der Waals surface area contributed by atoms with Gasteiger partial charge in [-0.25, -0.2) is 4.98 Å². The van der Waals surface area contributed by atoms with E-state index in [1.54, 1.807) is 23.2 Å². The minimum Gasteiger partial charge on any atom is -0.367 e. The highest BCUT2D eigenvalue weighted by Gasteiger charge is 2.18. The molecule has 0 aliphatic carbocycles. The van der Waals surface area contributed by atoms with E-state index in [0.717, 1.165) is 6.42 Å². The minimum atomic E-state index is -0.0257. The number of carbonyl (C=O) groups excluding carboxylic acids is 1. The summed E-state index contributed by atoms with van der Waals surface area (Å²) < 4.78 is 0. The predicted octanol–water partition coefficient (Wildman–Crippen LogP) is 2.35. The van der Waals surface area contributed by atoms with Gasteiger partial charge in [0, 0.05) is 31.9 Å². The lowest BCUT2D eigenvalue weighted by molar-refractivity contribution is 0.0789. The monoisotopic (exact) mass is 292 g/mol. The number of hydrogen-bond acceptors (Lipinski definition) is 4. The first-order chi connectivity index (χ1) is 9.82. The van der Waals surface area contributed by atoms with E-state index in [-0.39, 0.29) is 18.0 Å². The van der Waals surface area contributed by atoms with Gasteiger partial charge in [0.25, 0.3) is 5.91 Å². The second kappa shape index (κ2) is 7.98. The molecule has 0 aliphatic rings. The zero-order chi connectivity index (χ0) is 16.0. The van der Waals surface area contributed by atoms with Gasteiger partial charge in [-0.2, -0.15) is 0 Å². The topological polar surface area (TPSA) is 71.2 Å². The van der Waals surface area contributed by atoms with Crippen LogP contribution in [0, 0.1) is 5.92 Å². The van der Waals surface area contributed by atoms with Crippen molar-refractivity contribution in [3.05, 3.63) is 23.9 Å². The van der Waals surface area contributed by atoms with Crippen LogP contribution < -0.4 is 11.1 Å². The van der Waals surface area contributed by atoms with Crippen LogP contribution in [-0.4, -0.2) is 41.5 Å². The Bertz CT molecular complexity index is 459. The summed E-state index contributed by atoms with van der Waals surface area (Å²) in [5, 5.41) is 3.21. The molecule has 0 aromatic carbocycles. The highest BCUT2D eigenvalue weighted by Crippen LogP contribution is 2.15. The van der Waals surface area contributed by atoms with Gasteiger partial charge in [0.2, 0.25) is 0 Å². The summed E-state index contributed by atoms with van der Waals surface area (Å²) in [6, 6.07) is 3.93. The zero-order valence-electron chi connectivity index (χ0n) is 13.8. The van der Waals surface area contributed by atoms with Gasteiger partial charge in [-0.05, 0) is 38.3 Å². The standard InChI is InChI=1S/C16H28N4O/c1-11(2)14(17)8-10-20(5)16(21)13-7-6-9-18-15(13)19-12(3)4/h6-7,9,11-12,14H,8,10,17H2,1-5H3,(H,18,19). The summed E-state index contributed by atoms with van der Waals surface area (Å²) in [5.74, 6) is 1.03. The molecule has 0 saturated heterocycles. The van der Waals surface area contributed by atoms with E-state index < -0.39 is 0 Å². The zero-order valence-corrected chi connectivity index (χ0v) is 13.8. The molecule has 0 saturated carbocycles. The van der Waals surface area contributed by atoms with Gasteiger partial charge in [-0.3, -0.25) is 4.79 Å². The third kappa shape index (κ3) is 5.34. The van der Waals surface area contributed by atoms with Crippen LogP contribution in [0.15, 0.2) is 18.3 Å². The largest absolute Gasteiger partial charge is 0.367 e. The molecule has 1 amide bonds. The molecule has 0 bridgehead atoms. The van der Waals surface area contributed by atoms with Crippen LogP contribution in [0.1, 0.15) is 44.5 Å². The van der Waals surface area contributed by atoms with E-state index in [2.05, 4.69) is 24.1 Å². The third-order valence-electron chi connectivity index (χ3n) is 3.46. The maximum absolute atomic E-state index is 12.5. The van der Waals surface area contributed by atoms with Gasteiger partial charge in [0.1, 0.15) is 5.82 Å². The van der Waals surface area contributed by atoms with Crippen molar-refractivity contribution in [1.82, 2.24) is 9.88 Å². The fraction of sp³-hybridized carbons (Fsp3) is 0.625. The SMILES string of the molecule is CC(C)Nc1ncccc1C(=O)N(C)CCC(N)C(C)C. The lowest BCUT2D eigenvalue weighted by atomic mass is 10.0. The molecule has 0 aliphatic heterocycles. The quantitative estimate of drug-likeness (QED) is 0.809. The molecule has 5 nitrogen and oxygen atoms in total. The van der Waals surface area contributed by atoms with Gasteiger partial charge in [0.15, 0.2) is 0 Å². The van der Waals surface area contributed by atoms with Gasteiger partial charge in [0.05, 0.1) is 5.56 Å². The first-order valence-electron chi connectivity index (χ1n) is 7.55. The highest BCUT2D eigenvalue weighted by molar-refractivity contribution is 5.98. The van der Waals surface area contributed by atoms with Crippen molar-refractivity contribution in [2.24, 2.45) is 11.7 Å².